The van der Waals surface area contributed by atoms with Crippen LogP contribution >= 0.6 is 0 Å². The molecule has 0 saturated heterocycles. The first-order chi connectivity index (χ1) is 11.6. The molecule has 0 amide bonds. The maximum Gasteiger partial charge on any atom is 0.257 e. The smallest absolute Gasteiger partial charge is 0.257 e. The molecule has 2 N–H and O–H groups in total. The number of nitrogens with two attached hydrogens (primary N) is 1. The van der Waals surface area contributed by atoms with E-state index in [0.717, 1.165) is 16.7 Å². The Hall–Kier alpha value is -2.95. The Morgan fingerprint density at radius 3 is 2.46 bits per heavy atom. The van der Waals surface area contributed by atoms with Gasteiger partial charge < -0.3 is 5.73 Å². The molecule has 0 radical (unpaired) electrons. The third-order valence-electron chi connectivity index (χ3n) is 4.14. The van der Waals surface area contributed by atoms with E-state index in [1.54, 1.807) is 0 Å². The predicted molar refractivity (Wildman–Crippen MR) is 94.7 cm³/mol. The molecule has 1 atom stereocenters. The summed E-state index contributed by atoms with van der Waals surface area (Å²) in [6, 6.07) is 17.4. The zero-order chi connectivity index (χ0) is 17.1. The van der Waals surface area contributed by atoms with Gasteiger partial charge in [0.25, 0.3) is 5.91 Å². The normalized spacial score (nSPS) is 12.1. The second-order valence-corrected chi connectivity index (χ2v) is 5.73. The summed E-state index contributed by atoms with van der Waals surface area (Å²) >= 11 is 0. The Morgan fingerprint density at radius 1 is 1.12 bits per heavy atom. The fraction of sp³-hybridized carbons (Fsp3) is 0.211. The van der Waals surface area contributed by atoms with Crippen molar-refractivity contribution < 1.29 is 4.79 Å². The fourth-order valence-electron chi connectivity index (χ4n) is 2.81. The van der Waals surface area contributed by atoms with E-state index in [1.165, 1.54) is 4.68 Å². The van der Waals surface area contributed by atoms with Crippen molar-refractivity contribution in [2.75, 3.05) is 5.73 Å². The Labute approximate surface area is 141 Å². The minimum absolute atomic E-state index is 0.118. The van der Waals surface area contributed by atoms with Crippen LogP contribution < -0.4 is 5.73 Å². The molecule has 0 spiro atoms. The average molecular weight is 320 g/mol. The maximum atomic E-state index is 12.9. The monoisotopic (exact) mass is 320 g/mol. The lowest BCUT2D eigenvalue weighted by Crippen LogP contribution is -2.22. The summed E-state index contributed by atoms with van der Waals surface area (Å²) in [5, 5.41) is 4.37. The van der Waals surface area contributed by atoms with Crippen LogP contribution in [0.3, 0.4) is 0 Å². The zero-order valence-electron chi connectivity index (χ0n) is 13.8. The summed E-state index contributed by atoms with van der Waals surface area (Å²) in [6.07, 6.45) is 0.668. The highest BCUT2D eigenvalue weighted by molar-refractivity contribution is 5.87. The molecule has 0 aliphatic rings. The van der Waals surface area contributed by atoms with E-state index in [9.17, 15) is 4.79 Å². The molecule has 1 unspecified atom stereocenters. The van der Waals surface area contributed by atoms with Gasteiger partial charge in [-0.05, 0) is 24.5 Å². The third-order valence-corrected chi connectivity index (χ3v) is 4.14. The van der Waals surface area contributed by atoms with Crippen molar-refractivity contribution in [1.29, 1.82) is 0 Å². The van der Waals surface area contributed by atoms with Gasteiger partial charge in [0.05, 0.1) is 5.92 Å². The van der Waals surface area contributed by atoms with Crippen LogP contribution in [0.15, 0.2) is 54.6 Å². The van der Waals surface area contributed by atoms with Crippen LogP contribution in [0.5, 0.6) is 0 Å². The first-order valence-electron chi connectivity index (χ1n) is 7.99. The summed E-state index contributed by atoms with van der Waals surface area (Å²) < 4.78 is 1.23. The summed E-state index contributed by atoms with van der Waals surface area (Å²) in [5.41, 5.74) is 8.84. The fourth-order valence-corrected chi connectivity index (χ4v) is 2.81. The highest BCUT2D eigenvalue weighted by Gasteiger charge is 2.24. The molecule has 5 nitrogen and oxygen atoms in total. The van der Waals surface area contributed by atoms with Crippen LogP contribution in [0.1, 0.15) is 35.2 Å². The quantitative estimate of drug-likeness (QED) is 0.796. The Bertz CT molecular complexity index is 855. The molecular weight excluding hydrogens is 300 g/mol. The summed E-state index contributed by atoms with van der Waals surface area (Å²) in [6.45, 7) is 3.96. The van der Waals surface area contributed by atoms with Crippen molar-refractivity contribution in [2.45, 2.75) is 26.2 Å². The molecule has 3 rings (SSSR count). The van der Waals surface area contributed by atoms with Gasteiger partial charge in [-0.1, -0.05) is 61.5 Å². The van der Waals surface area contributed by atoms with Gasteiger partial charge in [-0.15, -0.1) is 5.10 Å². The number of nitrogens with zero attached hydrogens (tertiary/aromatic N) is 3. The standard InChI is InChI=1S/C19H20N4O/c1-3-15(14-10-5-4-6-11-14)18(24)23-19(20)21-17(22-23)16-12-8-7-9-13(16)2/h4-12,15H,3H2,1-2H3,(H2,20,21,22). The number of benzene rings is 2. The number of hydrogen-bond acceptors (Lipinski definition) is 4. The van der Waals surface area contributed by atoms with E-state index >= 15 is 0 Å². The molecule has 0 aliphatic heterocycles. The van der Waals surface area contributed by atoms with Gasteiger partial charge in [-0.25, -0.2) is 0 Å². The van der Waals surface area contributed by atoms with E-state index in [-0.39, 0.29) is 17.8 Å². The lowest BCUT2D eigenvalue weighted by Gasteiger charge is -2.13. The topological polar surface area (TPSA) is 73.8 Å². The SMILES string of the molecule is CCC(C(=O)n1nc(-c2ccccc2C)nc1N)c1ccccc1. The van der Waals surface area contributed by atoms with Crippen LogP contribution in [-0.4, -0.2) is 20.7 Å². The van der Waals surface area contributed by atoms with E-state index < -0.39 is 0 Å². The Balaban J connectivity index is 1.98. The summed E-state index contributed by atoms with van der Waals surface area (Å²) in [5.74, 6) is 0.142. The predicted octanol–water partition coefficient (Wildman–Crippen LogP) is 3.67. The first kappa shape index (κ1) is 15.9. The van der Waals surface area contributed by atoms with Crippen molar-refractivity contribution in [3.63, 3.8) is 0 Å². The van der Waals surface area contributed by atoms with E-state index in [1.807, 2.05) is 68.4 Å². The highest BCUT2D eigenvalue weighted by atomic mass is 16.2. The molecule has 2 aromatic carbocycles. The summed E-state index contributed by atoms with van der Waals surface area (Å²) in [4.78, 5) is 17.2. The van der Waals surface area contributed by atoms with Gasteiger partial charge in [0.1, 0.15) is 0 Å². The van der Waals surface area contributed by atoms with Crippen molar-refractivity contribution in [3.8, 4) is 11.4 Å². The van der Waals surface area contributed by atoms with Crippen LogP contribution in [0.25, 0.3) is 11.4 Å². The number of carbonyl (C=O) groups is 1. The Kier molecular flexibility index (Phi) is 4.42. The number of hydrogen-bond donors (Lipinski definition) is 1. The Morgan fingerprint density at radius 2 is 1.79 bits per heavy atom. The number of carbonyl (C=O) groups excluding carboxylic acids is 1. The van der Waals surface area contributed by atoms with E-state index in [4.69, 9.17) is 5.73 Å². The molecular formula is C19H20N4O. The van der Waals surface area contributed by atoms with Gasteiger partial charge >= 0.3 is 0 Å². The number of rotatable bonds is 4. The largest absolute Gasteiger partial charge is 0.368 e. The number of aryl methyl sites for hydroxylation is 1. The van der Waals surface area contributed by atoms with Gasteiger partial charge in [0.15, 0.2) is 5.82 Å². The molecule has 0 saturated carbocycles. The van der Waals surface area contributed by atoms with Crippen molar-refractivity contribution in [2.24, 2.45) is 0 Å². The van der Waals surface area contributed by atoms with Crippen molar-refractivity contribution in [1.82, 2.24) is 14.8 Å². The lowest BCUT2D eigenvalue weighted by atomic mass is 9.96. The molecule has 24 heavy (non-hydrogen) atoms. The number of aromatic nitrogens is 3. The summed E-state index contributed by atoms with van der Waals surface area (Å²) in [7, 11) is 0. The molecule has 1 aromatic heterocycles. The van der Waals surface area contributed by atoms with Gasteiger partial charge in [0.2, 0.25) is 5.95 Å². The second kappa shape index (κ2) is 6.66. The minimum atomic E-state index is -0.292. The average Bonchev–Trinajstić information content (AvgIpc) is 2.98. The van der Waals surface area contributed by atoms with Crippen molar-refractivity contribution >= 4 is 11.9 Å². The van der Waals surface area contributed by atoms with Gasteiger partial charge in [-0.3, -0.25) is 4.79 Å². The van der Waals surface area contributed by atoms with Crippen LogP contribution in [0, 0.1) is 6.92 Å². The molecule has 122 valence electrons. The minimum Gasteiger partial charge on any atom is -0.368 e. The van der Waals surface area contributed by atoms with Gasteiger partial charge in [-0.2, -0.15) is 9.67 Å². The number of nitrogen functional groups attached to an aromatic ring is 1. The van der Waals surface area contributed by atoms with Crippen LogP contribution in [0.4, 0.5) is 5.95 Å². The van der Waals surface area contributed by atoms with Crippen molar-refractivity contribution in [3.05, 3.63) is 65.7 Å². The van der Waals surface area contributed by atoms with Crippen LogP contribution in [-0.2, 0) is 0 Å². The first-order valence-corrected chi connectivity index (χ1v) is 7.99. The second-order valence-electron chi connectivity index (χ2n) is 5.73. The highest BCUT2D eigenvalue weighted by Crippen LogP contribution is 2.25. The molecule has 5 heteroatoms. The zero-order valence-corrected chi connectivity index (χ0v) is 13.8. The van der Waals surface area contributed by atoms with Gasteiger partial charge in [0, 0.05) is 5.56 Å². The lowest BCUT2D eigenvalue weighted by molar-refractivity contribution is 0.0862. The molecule has 0 fully saturated rings. The van der Waals surface area contributed by atoms with Crippen LogP contribution in [0.2, 0.25) is 0 Å². The molecule has 1 heterocycles. The maximum absolute atomic E-state index is 12.9. The van der Waals surface area contributed by atoms with E-state index in [2.05, 4.69) is 10.1 Å². The molecule has 0 aliphatic carbocycles. The third kappa shape index (κ3) is 2.93. The molecule has 0 bridgehead atoms. The molecule has 3 aromatic rings. The van der Waals surface area contributed by atoms with E-state index in [0.29, 0.717) is 12.2 Å². The number of anilines is 1.